The van der Waals surface area contributed by atoms with Gasteiger partial charge >= 0.3 is 0 Å². The van der Waals surface area contributed by atoms with Gasteiger partial charge in [0.05, 0.1) is 27.8 Å². The zero-order valence-corrected chi connectivity index (χ0v) is 30.6. The summed E-state index contributed by atoms with van der Waals surface area (Å²) < 4.78 is 7.57. The van der Waals surface area contributed by atoms with Crippen LogP contribution >= 0.6 is 11.3 Å². The molecule has 9 aromatic carbocycles. The van der Waals surface area contributed by atoms with Gasteiger partial charge in [-0.1, -0.05) is 133 Å². The van der Waals surface area contributed by atoms with Crippen molar-refractivity contribution in [3.05, 3.63) is 194 Å². The van der Waals surface area contributed by atoms with E-state index in [-0.39, 0.29) is 0 Å². The van der Waals surface area contributed by atoms with E-state index in [9.17, 15) is 0 Å². The van der Waals surface area contributed by atoms with E-state index in [4.69, 9.17) is 0 Å². The molecule has 256 valence electrons. The lowest BCUT2D eigenvalue weighted by Crippen LogP contribution is -1.95. The summed E-state index contributed by atoms with van der Waals surface area (Å²) in [5, 5.41) is 10.2. The lowest BCUT2D eigenvalue weighted by atomic mass is 10.00. The Bertz CT molecular complexity index is 3490. The number of nitrogens with zero attached hydrogens (tertiary/aromatic N) is 2. The first-order chi connectivity index (χ1) is 27.3. The molecule has 3 aromatic heterocycles. The molecule has 3 heterocycles. The summed E-state index contributed by atoms with van der Waals surface area (Å²) in [5.74, 6) is 0. The van der Waals surface area contributed by atoms with Gasteiger partial charge < -0.3 is 9.13 Å². The molecule has 55 heavy (non-hydrogen) atoms. The lowest BCUT2D eigenvalue weighted by Gasteiger charge is -2.12. The molecular weight excluding hydrogens is 685 g/mol. The van der Waals surface area contributed by atoms with Gasteiger partial charge in [-0.25, -0.2) is 0 Å². The highest BCUT2D eigenvalue weighted by molar-refractivity contribution is 7.25. The van der Waals surface area contributed by atoms with Crippen molar-refractivity contribution < 1.29 is 0 Å². The Labute approximate surface area is 321 Å². The van der Waals surface area contributed by atoms with Gasteiger partial charge in [-0.15, -0.1) is 11.3 Å². The van der Waals surface area contributed by atoms with Crippen LogP contribution in [-0.4, -0.2) is 9.13 Å². The Morgan fingerprint density at radius 1 is 0.327 bits per heavy atom. The quantitative estimate of drug-likeness (QED) is 0.172. The van der Waals surface area contributed by atoms with E-state index in [2.05, 4.69) is 203 Å². The third-order valence-corrected chi connectivity index (χ3v) is 12.6. The van der Waals surface area contributed by atoms with Crippen LogP contribution in [0.4, 0.5) is 0 Å². The van der Waals surface area contributed by atoms with Crippen LogP contribution in [0.25, 0.3) is 108 Å². The first-order valence-corrected chi connectivity index (χ1v) is 19.7. The second-order valence-corrected chi connectivity index (χ2v) is 15.6. The van der Waals surface area contributed by atoms with Crippen LogP contribution in [0.15, 0.2) is 194 Å². The van der Waals surface area contributed by atoms with Crippen LogP contribution in [0.2, 0.25) is 0 Å². The number of hydrogen-bond donors (Lipinski definition) is 0. The van der Waals surface area contributed by atoms with Gasteiger partial charge in [0.15, 0.2) is 0 Å². The van der Waals surface area contributed by atoms with Gasteiger partial charge in [0, 0.05) is 52.8 Å². The molecule has 0 aliphatic rings. The molecule has 0 amide bonds. The molecule has 0 atom stereocenters. The minimum Gasteiger partial charge on any atom is -0.309 e. The van der Waals surface area contributed by atoms with Crippen LogP contribution in [0.5, 0.6) is 0 Å². The molecule has 0 aliphatic carbocycles. The third kappa shape index (κ3) is 4.54. The SMILES string of the molecule is c1ccc(-c2cccc(-n3c4ccc(-c5ccc6c(c5)c5ccccc5n6-c5cccc6sc7ccccc7c56)cc4c4ccc5ccccc5c43)c2)cc1. The zero-order valence-electron chi connectivity index (χ0n) is 29.8. The van der Waals surface area contributed by atoms with Crippen LogP contribution in [0, 0.1) is 0 Å². The van der Waals surface area contributed by atoms with E-state index in [1.807, 2.05) is 11.3 Å². The van der Waals surface area contributed by atoms with Crippen LogP contribution in [-0.2, 0) is 0 Å². The number of thiophene rings is 1. The van der Waals surface area contributed by atoms with Gasteiger partial charge in [0.25, 0.3) is 0 Å². The number of fused-ring (bicyclic) bond motifs is 11. The minimum absolute atomic E-state index is 1.16. The summed E-state index contributed by atoms with van der Waals surface area (Å²) in [5.41, 5.74) is 12.1. The molecule has 0 radical (unpaired) electrons. The monoisotopic (exact) mass is 716 g/mol. The number of hydrogen-bond acceptors (Lipinski definition) is 1. The zero-order chi connectivity index (χ0) is 36.0. The van der Waals surface area contributed by atoms with Gasteiger partial charge in [0.2, 0.25) is 0 Å². The van der Waals surface area contributed by atoms with Crippen molar-refractivity contribution in [3.63, 3.8) is 0 Å². The van der Waals surface area contributed by atoms with Crippen molar-refractivity contribution in [2.45, 2.75) is 0 Å². The normalized spacial score (nSPS) is 12.0. The number of para-hydroxylation sites is 1. The van der Waals surface area contributed by atoms with E-state index in [0.29, 0.717) is 0 Å². The summed E-state index contributed by atoms with van der Waals surface area (Å²) in [4.78, 5) is 0. The summed E-state index contributed by atoms with van der Waals surface area (Å²) in [7, 11) is 0. The second-order valence-electron chi connectivity index (χ2n) is 14.5. The highest BCUT2D eigenvalue weighted by Gasteiger charge is 2.19. The maximum Gasteiger partial charge on any atom is 0.0619 e. The van der Waals surface area contributed by atoms with E-state index in [1.165, 1.54) is 102 Å². The second kappa shape index (κ2) is 11.8. The lowest BCUT2D eigenvalue weighted by molar-refractivity contribution is 1.19. The van der Waals surface area contributed by atoms with Crippen molar-refractivity contribution in [3.8, 4) is 33.6 Å². The Kier molecular flexibility index (Phi) is 6.54. The third-order valence-electron chi connectivity index (χ3n) is 11.5. The molecule has 3 heteroatoms. The van der Waals surface area contributed by atoms with Crippen molar-refractivity contribution in [2.75, 3.05) is 0 Å². The van der Waals surface area contributed by atoms with Crippen LogP contribution in [0.1, 0.15) is 0 Å². The molecule has 0 aliphatic heterocycles. The van der Waals surface area contributed by atoms with E-state index in [1.54, 1.807) is 0 Å². The number of aromatic nitrogens is 2. The van der Waals surface area contributed by atoms with Crippen molar-refractivity contribution >= 4 is 85.9 Å². The van der Waals surface area contributed by atoms with Gasteiger partial charge in [-0.05, 0) is 88.3 Å². The molecule has 12 aromatic rings. The minimum atomic E-state index is 1.16. The summed E-state index contributed by atoms with van der Waals surface area (Å²) in [6.07, 6.45) is 0. The molecular formula is C52H32N2S. The fourth-order valence-electron chi connectivity index (χ4n) is 9.04. The first kappa shape index (κ1) is 30.5. The Morgan fingerprint density at radius 2 is 0.945 bits per heavy atom. The number of benzene rings is 9. The largest absolute Gasteiger partial charge is 0.309 e. The maximum absolute atomic E-state index is 2.47. The molecule has 0 bridgehead atoms. The van der Waals surface area contributed by atoms with Crippen molar-refractivity contribution in [1.82, 2.24) is 9.13 Å². The van der Waals surface area contributed by atoms with Crippen molar-refractivity contribution in [1.29, 1.82) is 0 Å². The molecule has 0 saturated heterocycles. The summed E-state index contributed by atoms with van der Waals surface area (Å²) in [6.45, 7) is 0. The van der Waals surface area contributed by atoms with Gasteiger partial charge in [-0.3, -0.25) is 0 Å². The van der Waals surface area contributed by atoms with E-state index in [0.717, 1.165) is 5.69 Å². The predicted molar refractivity (Wildman–Crippen MR) is 236 cm³/mol. The predicted octanol–water partition coefficient (Wildman–Crippen LogP) is 14.7. The topological polar surface area (TPSA) is 9.86 Å². The van der Waals surface area contributed by atoms with Crippen molar-refractivity contribution in [2.24, 2.45) is 0 Å². The van der Waals surface area contributed by atoms with Crippen LogP contribution in [0.3, 0.4) is 0 Å². The molecule has 0 N–H and O–H groups in total. The summed E-state index contributed by atoms with van der Waals surface area (Å²) >= 11 is 1.87. The fraction of sp³-hybridized carbons (Fsp3) is 0. The highest BCUT2D eigenvalue weighted by atomic mass is 32.1. The molecule has 0 saturated carbocycles. The molecule has 0 spiro atoms. The molecule has 0 fully saturated rings. The van der Waals surface area contributed by atoms with Gasteiger partial charge in [-0.2, -0.15) is 0 Å². The first-order valence-electron chi connectivity index (χ1n) is 18.8. The fourth-order valence-corrected chi connectivity index (χ4v) is 10.2. The van der Waals surface area contributed by atoms with E-state index < -0.39 is 0 Å². The van der Waals surface area contributed by atoms with E-state index >= 15 is 0 Å². The average Bonchev–Trinajstić information content (AvgIpc) is 3.91. The highest BCUT2D eigenvalue weighted by Crippen LogP contribution is 2.43. The summed E-state index contributed by atoms with van der Waals surface area (Å²) in [6, 6.07) is 71.4. The molecule has 2 nitrogen and oxygen atoms in total. The molecule has 0 unspecified atom stereocenters. The Balaban J connectivity index is 1.08. The van der Waals surface area contributed by atoms with Gasteiger partial charge in [0.1, 0.15) is 0 Å². The number of rotatable bonds is 4. The average molecular weight is 717 g/mol. The Hall–Kier alpha value is -6.94. The molecule has 12 rings (SSSR count). The maximum atomic E-state index is 2.47. The van der Waals surface area contributed by atoms with Crippen LogP contribution < -0.4 is 0 Å². The standard InChI is InChI=1S/C52H32N2S/c1-2-12-33(13-3-1)35-15-10-16-38(30-35)53-46-28-25-37(32-44(46)41-27-24-34-14-4-5-17-39(34)52(41)53)36-26-29-47-43(31-36)40-18-6-8-20-45(40)54(47)48-21-11-23-50-51(48)42-19-7-9-22-49(42)55-50/h1-32H. The Morgan fingerprint density at radius 3 is 1.80 bits per heavy atom. The smallest absolute Gasteiger partial charge is 0.0619 e.